The van der Waals surface area contributed by atoms with Crippen LogP contribution >= 0.6 is 15.9 Å². The van der Waals surface area contributed by atoms with Gasteiger partial charge in [-0.1, -0.05) is 46.3 Å². The van der Waals surface area contributed by atoms with Crippen LogP contribution in [0.4, 0.5) is 10.1 Å². The third-order valence-corrected chi connectivity index (χ3v) is 5.77. The second-order valence-electron chi connectivity index (χ2n) is 7.02. The van der Waals surface area contributed by atoms with Gasteiger partial charge in [0.05, 0.1) is 17.8 Å². The maximum Gasteiger partial charge on any atom is 0.241 e. The molecule has 3 rings (SSSR count). The number of aliphatic hydroxyl groups is 1. The van der Waals surface area contributed by atoms with Crippen LogP contribution in [0.2, 0.25) is 0 Å². The third-order valence-electron chi connectivity index (χ3n) is 5.28. The predicted octanol–water partition coefficient (Wildman–Crippen LogP) is 4.36. The topological polar surface area (TPSA) is 52.6 Å². The summed E-state index contributed by atoms with van der Waals surface area (Å²) in [5.74, 6) is -0.504. The highest BCUT2D eigenvalue weighted by molar-refractivity contribution is 9.10. The number of halogens is 2. The van der Waals surface area contributed by atoms with Crippen molar-refractivity contribution in [1.82, 2.24) is 4.90 Å². The molecule has 1 amide bonds. The maximum atomic E-state index is 13.9. The standard InChI is InChI=1S/C21H24BrFN2O2/c1-14(21(27)24-19-8-7-17(22)13-18(19)23)25-11-9-16(10-12-25)20(26)15-5-3-2-4-6-15/h2-8,13-14,16,20,26H,9-12H2,1H3,(H,24,27). The number of likely N-dealkylation sites (tertiary alicyclic amines) is 1. The zero-order valence-electron chi connectivity index (χ0n) is 15.2. The highest BCUT2D eigenvalue weighted by Gasteiger charge is 2.30. The van der Waals surface area contributed by atoms with Gasteiger partial charge in [0.1, 0.15) is 5.82 Å². The van der Waals surface area contributed by atoms with Crippen molar-refractivity contribution in [2.24, 2.45) is 5.92 Å². The van der Waals surface area contributed by atoms with Gasteiger partial charge >= 0.3 is 0 Å². The molecule has 2 N–H and O–H groups in total. The van der Waals surface area contributed by atoms with E-state index in [0.29, 0.717) is 4.47 Å². The van der Waals surface area contributed by atoms with Crippen molar-refractivity contribution >= 4 is 27.5 Å². The van der Waals surface area contributed by atoms with Gasteiger partial charge in [0.25, 0.3) is 0 Å². The number of carbonyl (C=O) groups excluding carboxylic acids is 1. The lowest BCUT2D eigenvalue weighted by molar-refractivity contribution is -0.121. The van der Waals surface area contributed by atoms with E-state index in [-0.39, 0.29) is 23.6 Å². The molecular weight excluding hydrogens is 411 g/mol. The van der Waals surface area contributed by atoms with Crippen LogP contribution in [0, 0.1) is 11.7 Å². The van der Waals surface area contributed by atoms with Crippen molar-refractivity contribution in [1.29, 1.82) is 0 Å². The molecule has 4 nitrogen and oxygen atoms in total. The minimum atomic E-state index is -0.477. The molecular formula is C21H24BrFN2O2. The summed E-state index contributed by atoms with van der Waals surface area (Å²) in [6, 6.07) is 13.9. The molecule has 0 spiro atoms. The van der Waals surface area contributed by atoms with Gasteiger partial charge in [-0.15, -0.1) is 0 Å². The van der Waals surface area contributed by atoms with Gasteiger partial charge in [0.15, 0.2) is 0 Å². The third kappa shape index (κ3) is 4.94. The number of carbonyl (C=O) groups is 1. The first-order valence-electron chi connectivity index (χ1n) is 9.18. The van der Waals surface area contributed by atoms with Crippen molar-refractivity contribution in [3.8, 4) is 0 Å². The summed E-state index contributed by atoms with van der Waals surface area (Å²) in [5.41, 5.74) is 1.12. The first kappa shape index (κ1) is 20.0. The van der Waals surface area contributed by atoms with Crippen molar-refractivity contribution in [3.63, 3.8) is 0 Å². The van der Waals surface area contributed by atoms with Gasteiger partial charge in [-0.3, -0.25) is 9.69 Å². The zero-order chi connectivity index (χ0) is 19.4. The maximum absolute atomic E-state index is 13.9. The quantitative estimate of drug-likeness (QED) is 0.734. The van der Waals surface area contributed by atoms with Gasteiger partial charge in [0.2, 0.25) is 5.91 Å². The predicted molar refractivity (Wildman–Crippen MR) is 108 cm³/mol. The fourth-order valence-electron chi connectivity index (χ4n) is 3.54. The lowest BCUT2D eigenvalue weighted by Gasteiger charge is -2.37. The number of rotatable bonds is 5. The number of piperidine rings is 1. The van der Waals surface area contributed by atoms with Crippen LogP contribution in [0.15, 0.2) is 53.0 Å². The summed E-state index contributed by atoms with van der Waals surface area (Å²) in [4.78, 5) is 14.6. The summed E-state index contributed by atoms with van der Waals surface area (Å²) in [6.45, 7) is 3.29. The van der Waals surface area contributed by atoms with Crippen molar-refractivity contribution in [2.75, 3.05) is 18.4 Å². The van der Waals surface area contributed by atoms with Crippen molar-refractivity contribution in [2.45, 2.75) is 31.9 Å². The second-order valence-corrected chi connectivity index (χ2v) is 7.93. The number of aliphatic hydroxyl groups excluding tert-OH is 1. The van der Waals surface area contributed by atoms with E-state index in [0.717, 1.165) is 31.5 Å². The molecule has 1 saturated heterocycles. The Morgan fingerprint density at radius 1 is 1.22 bits per heavy atom. The Morgan fingerprint density at radius 2 is 1.89 bits per heavy atom. The van der Waals surface area contributed by atoms with Crippen LogP contribution in [-0.2, 0) is 4.79 Å². The van der Waals surface area contributed by atoms with Crippen LogP contribution in [0.5, 0.6) is 0 Å². The monoisotopic (exact) mass is 434 g/mol. The highest BCUT2D eigenvalue weighted by Crippen LogP contribution is 2.31. The van der Waals surface area contributed by atoms with E-state index in [2.05, 4.69) is 26.1 Å². The normalized spacial score (nSPS) is 18.1. The fraction of sp³-hybridized carbons (Fsp3) is 0.381. The van der Waals surface area contributed by atoms with E-state index in [1.807, 2.05) is 37.3 Å². The first-order chi connectivity index (χ1) is 13.0. The number of anilines is 1. The van der Waals surface area contributed by atoms with Gasteiger partial charge < -0.3 is 10.4 Å². The molecule has 1 aliphatic heterocycles. The average molecular weight is 435 g/mol. The Labute approximate surface area is 167 Å². The molecule has 6 heteroatoms. The number of amides is 1. The molecule has 1 aliphatic rings. The first-order valence-corrected chi connectivity index (χ1v) is 9.98. The van der Waals surface area contributed by atoms with Crippen molar-refractivity contribution < 1.29 is 14.3 Å². The second kappa shape index (κ2) is 8.95. The molecule has 0 aromatic heterocycles. The Morgan fingerprint density at radius 3 is 2.52 bits per heavy atom. The van der Waals surface area contributed by atoms with E-state index >= 15 is 0 Å². The summed E-state index contributed by atoms with van der Waals surface area (Å²) in [6.07, 6.45) is 1.16. The summed E-state index contributed by atoms with van der Waals surface area (Å²) in [5, 5.41) is 13.3. The lowest BCUT2D eigenvalue weighted by Crippen LogP contribution is -2.46. The minimum absolute atomic E-state index is 0.183. The number of hydrogen-bond donors (Lipinski definition) is 2. The molecule has 2 unspecified atom stereocenters. The number of nitrogens with one attached hydrogen (secondary N) is 1. The molecule has 2 aromatic rings. The Kier molecular flexibility index (Phi) is 6.63. The fourth-order valence-corrected chi connectivity index (χ4v) is 3.87. The van der Waals surface area contributed by atoms with Crippen LogP contribution in [-0.4, -0.2) is 35.0 Å². The molecule has 2 atom stereocenters. The summed E-state index contributed by atoms with van der Waals surface area (Å²) < 4.78 is 14.6. The van der Waals surface area contributed by atoms with Crippen LogP contribution in [0.3, 0.4) is 0 Å². The number of hydrogen-bond acceptors (Lipinski definition) is 3. The van der Waals surface area contributed by atoms with E-state index in [1.54, 1.807) is 12.1 Å². The average Bonchev–Trinajstić information content (AvgIpc) is 2.69. The van der Waals surface area contributed by atoms with E-state index in [9.17, 15) is 14.3 Å². The highest BCUT2D eigenvalue weighted by atomic mass is 79.9. The largest absolute Gasteiger partial charge is 0.388 e. The van der Waals surface area contributed by atoms with Gasteiger partial charge in [-0.25, -0.2) is 4.39 Å². The Hall–Kier alpha value is -1.76. The molecule has 0 aliphatic carbocycles. The van der Waals surface area contributed by atoms with Gasteiger partial charge in [-0.2, -0.15) is 0 Å². The molecule has 2 aromatic carbocycles. The van der Waals surface area contributed by atoms with E-state index < -0.39 is 11.9 Å². The molecule has 144 valence electrons. The molecule has 1 heterocycles. The smallest absolute Gasteiger partial charge is 0.241 e. The SMILES string of the molecule is CC(C(=O)Nc1ccc(Br)cc1F)N1CCC(C(O)c2ccccc2)CC1. The Balaban J connectivity index is 1.54. The summed E-state index contributed by atoms with van der Waals surface area (Å²) >= 11 is 3.21. The molecule has 0 bridgehead atoms. The zero-order valence-corrected chi connectivity index (χ0v) is 16.8. The lowest BCUT2D eigenvalue weighted by atomic mass is 9.87. The van der Waals surface area contributed by atoms with Crippen LogP contribution in [0.25, 0.3) is 0 Å². The Bertz CT molecular complexity index is 779. The van der Waals surface area contributed by atoms with Gasteiger partial charge in [-0.05, 0) is 62.5 Å². The van der Waals surface area contributed by atoms with E-state index in [1.165, 1.54) is 6.07 Å². The van der Waals surface area contributed by atoms with Crippen LogP contribution in [0.1, 0.15) is 31.4 Å². The molecule has 1 fully saturated rings. The van der Waals surface area contributed by atoms with Crippen molar-refractivity contribution in [3.05, 3.63) is 64.4 Å². The van der Waals surface area contributed by atoms with Gasteiger partial charge in [0, 0.05) is 4.47 Å². The van der Waals surface area contributed by atoms with E-state index in [4.69, 9.17) is 0 Å². The summed E-state index contributed by atoms with van der Waals surface area (Å²) in [7, 11) is 0. The molecule has 0 radical (unpaired) electrons. The number of nitrogens with zero attached hydrogens (tertiary/aromatic N) is 1. The molecule has 0 saturated carbocycles. The van der Waals surface area contributed by atoms with Crippen LogP contribution < -0.4 is 5.32 Å². The minimum Gasteiger partial charge on any atom is -0.388 e. The number of benzene rings is 2. The molecule has 27 heavy (non-hydrogen) atoms.